The highest BCUT2D eigenvalue weighted by molar-refractivity contribution is 5.69. The predicted molar refractivity (Wildman–Crippen MR) is 146 cm³/mol. The zero-order valence-corrected chi connectivity index (χ0v) is 23.4. The Kier molecular flexibility index (Phi) is 7.64. The Morgan fingerprint density at radius 1 is 1.05 bits per heavy atom. The number of benzene rings is 1. The molecule has 4 aliphatic carbocycles. The highest BCUT2D eigenvalue weighted by atomic mass is 16.5. The Bertz CT molecular complexity index is 987. The molecule has 1 aromatic rings. The third-order valence-corrected chi connectivity index (χ3v) is 11.7. The molecule has 0 saturated heterocycles. The second-order valence-electron chi connectivity index (χ2n) is 13.4. The van der Waals surface area contributed by atoms with E-state index in [1.807, 2.05) is 30.3 Å². The van der Waals surface area contributed by atoms with Crippen molar-refractivity contribution in [2.75, 3.05) is 0 Å². The van der Waals surface area contributed by atoms with E-state index in [1.165, 1.54) is 31.3 Å². The van der Waals surface area contributed by atoms with Crippen LogP contribution in [0.15, 0.2) is 42.0 Å². The number of aliphatic hydroxyl groups excluding tert-OH is 2. The van der Waals surface area contributed by atoms with Gasteiger partial charge in [0, 0.05) is 6.42 Å². The average Bonchev–Trinajstić information content (AvgIpc) is 3.25. The molecule has 0 aliphatic heterocycles. The lowest BCUT2D eigenvalue weighted by molar-refractivity contribution is -0.149. The molecule has 4 unspecified atom stereocenters. The summed E-state index contributed by atoms with van der Waals surface area (Å²) in [7, 11) is 0. The van der Waals surface area contributed by atoms with Gasteiger partial charge in [0.1, 0.15) is 6.61 Å². The maximum absolute atomic E-state index is 12.5. The van der Waals surface area contributed by atoms with E-state index in [9.17, 15) is 15.0 Å². The van der Waals surface area contributed by atoms with Crippen molar-refractivity contribution in [3.05, 3.63) is 47.5 Å². The molecule has 2 N–H and O–H groups in total. The maximum atomic E-state index is 12.5. The van der Waals surface area contributed by atoms with Crippen LogP contribution in [-0.4, -0.2) is 28.4 Å². The van der Waals surface area contributed by atoms with Crippen molar-refractivity contribution < 1.29 is 19.7 Å². The summed E-state index contributed by atoms with van der Waals surface area (Å²) in [6.45, 7) is 9.73. The number of rotatable bonds is 6. The number of aliphatic hydroxyl groups is 2. The van der Waals surface area contributed by atoms with Gasteiger partial charge in [-0.05, 0) is 116 Å². The van der Waals surface area contributed by atoms with E-state index >= 15 is 0 Å². The van der Waals surface area contributed by atoms with Crippen LogP contribution < -0.4 is 0 Å². The number of carbonyl (C=O) groups is 1. The van der Waals surface area contributed by atoms with Crippen molar-refractivity contribution in [2.24, 2.45) is 46.3 Å². The fourth-order valence-electron chi connectivity index (χ4n) is 9.81. The molecule has 204 valence electrons. The summed E-state index contributed by atoms with van der Waals surface area (Å²) < 4.78 is 5.55. The van der Waals surface area contributed by atoms with Gasteiger partial charge in [-0.15, -0.1) is 0 Å². The second kappa shape index (κ2) is 10.5. The molecule has 37 heavy (non-hydrogen) atoms. The summed E-state index contributed by atoms with van der Waals surface area (Å²) in [6, 6.07) is 9.89. The minimum atomic E-state index is -0.384. The molecule has 0 amide bonds. The fraction of sp³-hybridized carbons (Fsp3) is 0.727. The fourth-order valence-corrected chi connectivity index (χ4v) is 9.81. The molecule has 0 bridgehead atoms. The topological polar surface area (TPSA) is 66.8 Å². The smallest absolute Gasteiger partial charge is 0.306 e. The molecule has 0 radical (unpaired) electrons. The molecule has 1 aromatic carbocycles. The van der Waals surface area contributed by atoms with Gasteiger partial charge in [-0.25, -0.2) is 0 Å². The first-order chi connectivity index (χ1) is 17.7. The highest BCUT2D eigenvalue weighted by Crippen LogP contribution is 2.69. The van der Waals surface area contributed by atoms with Crippen molar-refractivity contribution in [1.29, 1.82) is 0 Å². The summed E-state index contributed by atoms with van der Waals surface area (Å²) in [5.41, 5.74) is 2.62. The maximum Gasteiger partial charge on any atom is 0.306 e. The number of ether oxygens (including phenoxy) is 1. The second-order valence-corrected chi connectivity index (χ2v) is 13.4. The average molecular weight is 509 g/mol. The van der Waals surface area contributed by atoms with Crippen molar-refractivity contribution in [1.82, 2.24) is 0 Å². The van der Waals surface area contributed by atoms with Gasteiger partial charge in [0.2, 0.25) is 0 Å². The van der Waals surface area contributed by atoms with Gasteiger partial charge in [-0.2, -0.15) is 0 Å². The van der Waals surface area contributed by atoms with Crippen LogP contribution in [0.1, 0.15) is 91.0 Å². The van der Waals surface area contributed by atoms with Crippen molar-refractivity contribution in [3.8, 4) is 0 Å². The van der Waals surface area contributed by atoms with Gasteiger partial charge < -0.3 is 14.9 Å². The Morgan fingerprint density at radius 3 is 2.49 bits per heavy atom. The van der Waals surface area contributed by atoms with Crippen LogP contribution in [-0.2, 0) is 16.1 Å². The Morgan fingerprint density at radius 2 is 1.76 bits per heavy atom. The summed E-state index contributed by atoms with van der Waals surface area (Å²) in [4.78, 5) is 12.5. The highest BCUT2D eigenvalue weighted by Gasteiger charge is 2.63. The molecule has 4 saturated carbocycles. The lowest BCUT2D eigenvalue weighted by atomic mass is 9.42. The first-order valence-electron chi connectivity index (χ1n) is 14.9. The van der Waals surface area contributed by atoms with E-state index < -0.39 is 0 Å². The molecule has 4 fully saturated rings. The van der Waals surface area contributed by atoms with E-state index in [4.69, 9.17) is 4.74 Å². The predicted octanol–water partition coefficient (Wildman–Crippen LogP) is 6.69. The van der Waals surface area contributed by atoms with E-state index in [2.05, 4.69) is 33.8 Å². The number of hydrogen-bond acceptors (Lipinski definition) is 4. The third kappa shape index (κ3) is 4.71. The standard InChI is InChI=1S/C33H48O4/c1-5-24-28-19-23(34)15-17-33(28,4)27-16-18-32(3)25(12-13-26(32)30(27)31(24)36)21(2)11-14-29(35)37-20-22-9-7-6-8-10-22/h5-10,21,23,25-28,30-31,34,36H,11-20H2,1-4H3/b24-5+/t21-,23-,25-,26?,27?,28?,30?,31-,32-,33-/m1/s1. The van der Waals surface area contributed by atoms with Gasteiger partial charge >= 0.3 is 5.97 Å². The van der Waals surface area contributed by atoms with Crippen LogP contribution in [0.3, 0.4) is 0 Å². The molecule has 10 atom stereocenters. The summed E-state index contributed by atoms with van der Waals surface area (Å²) in [6.07, 6.45) is 10.4. The molecule has 4 heteroatoms. The number of carbonyl (C=O) groups excluding carboxylic acids is 1. The van der Waals surface area contributed by atoms with Gasteiger partial charge in [-0.3, -0.25) is 4.79 Å². The van der Waals surface area contributed by atoms with Gasteiger partial charge in [0.25, 0.3) is 0 Å². The van der Waals surface area contributed by atoms with Crippen LogP contribution in [0.25, 0.3) is 0 Å². The molecule has 0 spiro atoms. The molecule has 4 nitrogen and oxygen atoms in total. The number of hydrogen-bond donors (Lipinski definition) is 2. The minimum absolute atomic E-state index is 0.0991. The SMILES string of the molecule is C/C=C1\C2C[C@H](O)CC[C@]2(C)C2CC[C@@]3(C)C(CC[C@@H]3[C@H](C)CCC(=O)OCc3ccccc3)C2[C@@H]1O. The van der Waals surface area contributed by atoms with Crippen LogP contribution in [0, 0.1) is 46.3 Å². The van der Waals surface area contributed by atoms with E-state index in [0.29, 0.717) is 48.5 Å². The van der Waals surface area contributed by atoms with Crippen LogP contribution in [0.5, 0.6) is 0 Å². The summed E-state index contributed by atoms with van der Waals surface area (Å²) in [5.74, 6) is 2.63. The lowest BCUT2D eigenvalue weighted by Gasteiger charge is -2.63. The van der Waals surface area contributed by atoms with Gasteiger partial charge in [-0.1, -0.05) is 57.2 Å². The van der Waals surface area contributed by atoms with Crippen LogP contribution in [0.4, 0.5) is 0 Å². The molecule has 0 aromatic heterocycles. The zero-order valence-electron chi connectivity index (χ0n) is 23.4. The zero-order chi connectivity index (χ0) is 26.4. The van der Waals surface area contributed by atoms with Crippen LogP contribution in [0.2, 0.25) is 0 Å². The molecular weight excluding hydrogens is 460 g/mol. The number of esters is 1. The monoisotopic (exact) mass is 508 g/mol. The van der Waals surface area contributed by atoms with E-state index in [-0.39, 0.29) is 29.0 Å². The normalized spacial score (nSPS) is 43.0. The molecule has 4 aliphatic rings. The Labute approximate surface area is 223 Å². The molecular formula is C33H48O4. The van der Waals surface area contributed by atoms with Gasteiger partial charge in [0.15, 0.2) is 0 Å². The third-order valence-electron chi connectivity index (χ3n) is 11.7. The largest absolute Gasteiger partial charge is 0.461 e. The molecule has 5 rings (SSSR count). The van der Waals surface area contributed by atoms with Crippen molar-refractivity contribution >= 4 is 5.97 Å². The Balaban J connectivity index is 1.26. The number of fused-ring (bicyclic) bond motifs is 5. The van der Waals surface area contributed by atoms with Gasteiger partial charge in [0.05, 0.1) is 12.2 Å². The first kappa shape index (κ1) is 26.9. The first-order valence-corrected chi connectivity index (χ1v) is 14.9. The van der Waals surface area contributed by atoms with Crippen molar-refractivity contribution in [3.63, 3.8) is 0 Å². The van der Waals surface area contributed by atoms with Crippen LogP contribution >= 0.6 is 0 Å². The molecule has 0 heterocycles. The minimum Gasteiger partial charge on any atom is -0.461 e. The Hall–Kier alpha value is -1.65. The lowest BCUT2D eigenvalue weighted by Crippen LogP contribution is -2.59. The van der Waals surface area contributed by atoms with E-state index in [0.717, 1.165) is 31.2 Å². The van der Waals surface area contributed by atoms with Crippen molar-refractivity contribution in [2.45, 2.75) is 104 Å². The van der Waals surface area contributed by atoms with E-state index in [1.54, 1.807) is 0 Å². The summed E-state index contributed by atoms with van der Waals surface area (Å²) in [5, 5.41) is 22.3. The quantitative estimate of drug-likeness (QED) is 0.332. The summed E-state index contributed by atoms with van der Waals surface area (Å²) >= 11 is 0. The number of allylic oxidation sites excluding steroid dienone is 1.